The number of rotatable bonds is 5. The van der Waals surface area contributed by atoms with Crippen LogP contribution in [0.25, 0.3) is 0 Å². The third kappa shape index (κ3) is 3.73. The average Bonchev–Trinajstić information content (AvgIpc) is 3.22. The van der Waals surface area contributed by atoms with Crippen molar-refractivity contribution in [3.8, 4) is 0 Å². The van der Waals surface area contributed by atoms with Crippen molar-refractivity contribution in [2.45, 2.75) is 31.8 Å². The largest absolute Gasteiger partial charge is 0.476 e. The zero-order valence-electron chi connectivity index (χ0n) is 12.9. The van der Waals surface area contributed by atoms with Gasteiger partial charge in [0.2, 0.25) is 5.91 Å². The Morgan fingerprint density at radius 2 is 2.04 bits per heavy atom. The van der Waals surface area contributed by atoms with Crippen molar-refractivity contribution in [1.82, 2.24) is 29.7 Å². The first-order valence-electron chi connectivity index (χ1n) is 7.64. The van der Waals surface area contributed by atoms with E-state index in [1.54, 1.807) is 21.8 Å². The molecule has 1 aliphatic heterocycles. The number of aromatic nitrogens is 5. The lowest BCUT2D eigenvalue weighted by molar-refractivity contribution is -0.132. The van der Waals surface area contributed by atoms with E-state index in [0.717, 1.165) is 12.8 Å². The molecule has 0 saturated carbocycles. The van der Waals surface area contributed by atoms with Crippen LogP contribution in [0.15, 0.2) is 18.6 Å². The number of hydrogen-bond acceptors (Lipinski definition) is 5. The summed E-state index contributed by atoms with van der Waals surface area (Å²) >= 11 is 5.79. The Morgan fingerprint density at radius 1 is 1.29 bits per heavy atom. The van der Waals surface area contributed by atoms with Crippen LogP contribution < -0.4 is 0 Å². The Balaban J connectivity index is 1.48. The molecule has 10 heteroatoms. The second-order valence-electron chi connectivity index (χ2n) is 5.67. The van der Waals surface area contributed by atoms with E-state index in [9.17, 15) is 9.59 Å². The predicted molar refractivity (Wildman–Crippen MR) is 83.7 cm³/mol. The van der Waals surface area contributed by atoms with Gasteiger partial charge in [-0.2, -0.15) is 5.10 Å². The zero-order valence-corrected chi connectivity index (χ0v) is 13.6. The first-order chi connectivity index (χ1) is 11.5. The van der Waals surface area contributed by atoms with E-state index in [1.807, 2.05) is 4.90 Å². The van der Waals surface area contributed by atoms with Gasteiger partial charge in [0.15, 0.2) is 5.69 Å². The summed E-state index contributed by atoms with van der Waals surface area (Å²) in [7, 11) is 0. The number of amides is 1. The van der Waals surface area contributed by atoms with Crippen molar-refractivity contribution < 1.29 is 14.7 Å². The molecule has 128 valence electrons. The summed E-state index contributed by atoms with van der Waals surface area (Å²) < 4.78 is 3.23. The highest BCUT2D eigenvalue weighted by atomic mass is 35.5. The van der Waals surface area contributed by atoms with Crippen LogP contribution in [0.5, 0.6) is 0 Å². The highest BCUT2D eigenvalue weighted by molar-refractivity contribution is 6.30. The SMILES string of the molecule is O=C(O)c1cn(C2CCN(C(=O)CCn3cc(Cl)cn3)CC2)nn1. The van der Waals surface area contributed by atoms with Crippen LogP contribution in [0.3, 0.4) is 0 Å². The number of likely N-dealkylation sites (tertiary alicyclic amines) is 1. The Labute approximate surface area is 142 Å². The smallest absolute Gasteiger partial charge is 0.358 e. The lowest BCUT2D eigenvalue weighted by atomic mass is 10.0. The minimum atomic E-state index is -1.09. The van der Waals surface area contributed by atoms with Gasteiger partial charge in [-0.3, -0.25) is 9.48 Å². The fourth-order valence-corrected chi connectivity index (χ4v) is 2.92. The van der Waals surface area contributed by atoms with Gasteiger partial charge in [0.1, 0.15) is 0 Å². The molecule has 1 N–H and O–H groups in total. The molecule has 2 aromatic heterocycles. The van der Waals surface area contributed by atoms with Crippen LogP contribution in [0, 0.1) is 0 Å². The van der Waals surface area contributed by atoms with Gasteiger partial charge in [0.05, 0.1) is 23.5 Å². The first-order valence-corrected chi connectivity index (χ1v) is 8.01. The molecule has 0 unspecified atom stereocenters. The summed E-state index contributed by atoms with van der Waals surface area (Å²) in [5.41, 5.74) is -0.0635. The lowest BCUT2D eigenvalue weighted by Gasteiger charge is -2.31. The Morgan fingerprint density at radius 3 is 2.62 bits per heavy atom. The molecular weight excluding hydrogens is 336 g/mol. The number of nitrogens with zero attached hydrogens (tertiary/aromatic N) is 6. The maximum absolute atomic E-state index is 12.3. The summed E-state index contributed by atoms with van der Waals surface area (Å²) in [5.74, 6) is -1.02. The van der Waals surface area contributed by atoms with Crippen molar-refractivity contribution in [3.05, 3.63) is 29.3 Å². The van der Waals surface area contributed by atoms with E-state index in [0.29, 0.717) is 31.1 Å². The molecule has 0 bridgehead atoms. The number of halogens is 1. The topological polar surface area (TPSA) is 106 Å². The normalized spacial score (nSPS) is 15.6. The number of carboxylic acid groups (broad SMARTS) is 1. The molecule has 0 spiro atoms. The number of carboxylic acids is 1. The average molecular weight is 353 g/mol. The van der Waals surface area contributed by atoms with Crippen LogP contribution >= 0.6 is 11.6 Å². The van der Waals surface area contributed by atoms with Gasteiger partial charge >= 0.3 is 5.97 Å². The van der Waals surface area contributed by atoms with Crippen molar-refractivity contribution in [2.24, 2.45) is 0 Å². The number of piperidine rings is 1. The molecule has 1 saturated heterocycles. The van der Waals surface area contributed by atoms with E-state index in [4.69, 9.17) is 16.7 Å². The lowest BCUT2D eigenvalue weighted by Crippen LogP contribution is -2.39. The first kappa shape index (κ1) is 16.4. The molecular formula is C14H17ClN6O3. The van der Waals surface area contributed by atoms with Gasteiger partial charge in [-0.05, 0) is 12.8 Å². The van der Waals surface area contributed by atoms with E-state index in [-0.39, 0.29) is 17.6 Å². The maximum Gasteiger partial charge on any atom is 0.358 e. The molecule has 0 atom stereocenters. The van der Waals surface area contributed by atoms with Gasteiger partial charge in [-0.15, -0.1) is 5.10 Å². The number of aromatic carboxylic acids is 1. The molecule has 0 aromatic carbocycles. The Hall–Kier alpha value is -2.42. The zero-order chi connectivity index (χ0) is 17.1. The molecule has 1 amide bonds. The summed E-state index contributed by atoms with van der Waals surface area (Å²) in [6.07, 6.45) is 6.48. The summed E-state index contributed by atoms with van der Waals surface area (Å²) in [4.78, 5) is 24.9. The van der Waals surface area contributed by atoms with E-state index >= 15 is 0 Å². The van der Waals surface area contributed by atoms with Crippen LogP contribution in [-0.2, 0) is 11.3 Å². The fraction of sp³-hybridized carbons (Fsp3) is 0.500. The third-order valence-corrected chi connectivity index (χ3v) is 4.27. The molecule has 3 heterocycles. The molecule has 9 nitrogen and oxygen atoms in total. The number of hydrogen-bond donors (Lipinski definition) is 1. The van der Waals surface area contributed by atoms with Gasteiger partial charge in [-0.1, -0.05) is 16.8 Å². The summed E-state index contributed by atoms with van der Waals surface area (Å²) in [5, 5.41) is 21.0. The molecule has 0 radical (unpaired) electrons. The second kappa shape index (κ2) is 7.00. The molecule has 1 fully saturated rings. The predicted octanol–water partition coefficient (Wildman–Crippen LogP) is 1.08. The van der Waals surface area contributed by atoms with E-state index < -0.39 is 5.97 Å². The van der Waals surface area contributed by atoms with E-state index in [1.165, 1.54) is 6.20 Å². The molecule has 3 rings (SSSR count). The quantitative estimate of drug-likeness (QED) is 0.863. The van der Waals surface area contributed by atoms with Crippen LogP contribution in [0.4, 0.5) is 0 Å². The Kier molecular flexibility index (Phi) is 4.79. The maximum atomic E-state index is 12.3. The van der Waals surface area contributed by atoms with Gasteiger partial charge in [0, 0.05) is 32.3 Å². The van der Waals surface area contributed by atoms with Gasteiger partial charge < -0.3 is 10.0 Å². The highest BCUT2D eigenvalue weighted by Crippen LogP contribution is 2.22. The molecule has 24 heavy (non-hydrogen) atoms. The molecule has 2 aromatic rings. The summed E-state index contributed by atoms with van der Waals surface area (Å²) in [6, 6.07) is 0.0690. The second-order valence-corrected chi connectivity index (χ2v) is 6.11. The van der Waals surface area contributed by atoms with Gasteiger partial charge in [0.25, 0.3) is 0 Å². The minimum absolute atomic E-state index is 0.0635. The van der Waals surface area contributed by atoms with Crippen LogP contribution in [0.1, 0.15) is 35.8 Å². The third-order valence-electron chi connectivity index (χ3n) is 4.08. The summed E-state index contributed by atoms with van der Waals surface area (Å²) in [6.45, 7) is 1.73. The number of carbonyl (C=O) groups excluding carboxylic acids is 1. The molecule has 1 aliphatic rings. The molecule has 0 aliphatic carbocycles. The number of carbonyl (C=O) groups is 2. The number of aryl methyl sites for hydroxylation is 1. The highest BCUT2D eigenvalue weighted by Gasteiger charge is 2.25. The van der Waals surface area contributed by atoms with Crippen LogP contribution in [-0.4, -0.2) is 59.7 Å². The minimum Gasteiger partial charge on any atom is -0.476 e. The van der Waals surface area contributed by atoms with E-state index in [2.05, 4.69) is 15.4 Å². The van der Waals surface area contributed by atoms with Crippen molar-refractivity contribution >= 4 is 23.5 Å². The van der Waals surface area contributed by atoms with Crippen molar-refractivity contribution in [1.29, 1.82) is 0 Å². The van der Waals surface area contributed by atoms with Gasteiger partial charge in [-0.25, -0.2) is 9.48 Å². The monoisotopic (exact) mass is 352 g/mol. The van der Waals surface area contributed by atoms with Crippen molar-refractivity contribution in [3.63, 3.8) is 0 Å². The van der Waals surface area contributed by atoms with Crippen molar-refractivity contribution in [2.75, 3.05) is 13.1 Å². The van der Waals surface area contributed by atoms with Crippen LogP contribution in [0.2, 0.25) is 5.02 Å². The Bertz CT molecular complexity index is 734. The fourth-order valence-electron chi connectivity index (χ4n) is 2.76. The standard InChI is InChI=1S/C14H17ClN6O3/c15-10-7-16-20(8-10)6-3-13(22)19-4-1-11(2-5-19)21-9-12(14(23)24)17-18-21/h7-9,11H,1-6H2,(H,23,24).